The Morgan fingerprint density at radius 1 is 1.18 bits per heavy atom. The summed E-state index contributed by atoms with van der Waals surface area (Å²) in [7, 11) is -3.29. The Bertz CT molecular complexity index is 378. The molecule has 7 heteroatoms. The summed E-state index contributed by atoms with van der Waals surface area (Å²) in [5, 5.41) is 8.65. The van der Waals surface area contributed by atoms with Gasteiger partial charge < -0.3 is 5.11 Å². The van der Waals surface area contributed by atoms with Crippen molar-refractivity contribution < 1.29 is 18.3 Å². The maximum Gasteiger partial charge on any atom is 0.317 e. The van der Waals surface area contributed by atoms with E-state index in [1.165, 1.54) is 4.31 Å². The average molecular weight is 264 g/mol. The van der Waals surface area contributed by atoms with Crippen LogP contribution in [0.15, 0.2) is 0 Å². The third kappa shape index (κ3) is 3.40. The van der Waals surface area contributed by atoms with Crippen LogP contribution in [0.1, 0.15) is 20.8 Å². The van der Waals surface area contributed by atoms with Gasteiger partial charge in [-0.1, -0.05) is 0 Å². The van der Waals surface area contributed by atoms with Crippen molar-refractivity contribution in [1.29, 1.82) is 0 Å². The van der Waals surface area contributed by atoms with Crippen LogP contribution in [0.4, 0.5) is 0 Å². The van der Waals surface area contributed by atoms with Gasteiger partial charge in [-0.05, 0) is 20.8 Å². The second kappa shape index (κ2) is 4.91. The highest BCUT2D eigenvalue weighted by Gasteiger charge is 2.36. The zero-order chi connectivity index (χ0) is 13.3. The Morgan fingerprint density at radius 3 is 2.00 bits per heavy atom. The van der Waals surface area contributed by atoms with E-state index in [9.17, 15) is 13.2 Å². The molecule has 17 heavy (non-hydrogen) atoms. The third-order valence-electron chi connectivity index (χ3n) is 2.80. The lowest BCUT2D eigenvalue weighted by Crippen LogP contribution is -2.53. The summed E-state index contributed by atoms with van der Waals surface area (Å²) in [6.45, 7) is 6.68. The van der Waals surface area contributed by atoms with E-state index in [1.54, 1.807) is 25.7 Å². The minimum absolute atomic E-state index is 0.0244. The number of carboxylic acids is 1. The van der Waals surface area contributed by atoms with Crippen LogP contribution in [0.5, 0.6) is 0 Å². The van der Waals surface area contributed by atoms with E-state index in [-0.39, 0.29) is 6.54 Å². The van der Waals surface area contributed by atoms with Crippen molar-refractivity contribution in [3.8, 4) is 0 Å². The molecule has 1 aliphatic heterocycles. The summed E-state index contributed by atoms with van der Waals surface area (Å²) in [5.74, 6) is -0.878. The fourth-order valence-corrected chi connectivity index (χ4v) is 3.13. The Morgan fingerprint density at radius 2 is 1.65 bits per heavy atom. The summed E-state index contributed by atoms with van der Waals surface area (Å²) in [6.07, 6.45) is 0. The van der Waals surface area contributed by atoms with Gasteiger partial charge in [-0.15, -0.1) is 0 Å². The number of rotatable bonds is 3. The molecule has 1 fully saturated rings. The Labute approximate surface area is 102 Å². The molecule has 0 spiro atoms. The van der Waals surface area contributed by atoms with E-state index in [2.05, 4.69) is 0 Å². The first-order valence-corrected chi connectivity index (χ1v) is 7.02. The highest BCUT2D eigenvalue weighted by Crippen LogP contribution is 2.21. The van der Waals surface area contributed by atoms with E-state index >= 15 is 0 Å². The molecule has 0 aromatic carbocycles. The topological polar surface area (TPSA) is 77.9 Å². The average Bonchev–Trinajstić information content (AvgIpc) is 2.15. The van der Waals surface area contributed by atoms with Crippen LogP contribution in [0.25, 0.3) is 0 Å². The largest absolute Gasteiger partial charge is 0.480 e. The molecule has 1 N–H and O–H groups in total. The van der Waals surface area contributed by atoms with Gasteiger partial charge in [0.15, 0.2) is 0 Å². The molecule has 1 rings (SSSR count). The molecule has 0 radical (unpaired) electrons. The summed E-state index contributed by atoms with van der Waals surface area (Å²) in [4.78, 5) is 12.3. The van der Waals surface area contributed by atoms with Crippen LogP contribution in [-0.2, 0) is 14.8 Å². The molecule has 1 heterocycles. The molecule has 1 aliphatic rings. The molecule has 1 saturated heterocycles. The summed E-state index contributed by atoms with van der Waals surface area (Å²) in [5.41, 5.74) is 0. The maximum atomic E-state index is 12.1. The van der Waals surface area contributed by atoms with Crippen LogP contribution in [0.3, 0.4) is 0 Å². The second-order valence-corrected chi connectivity index (χ2v) is 7.88. The van der Waals surface area contributed by atoms with Crippen LogP contribution in [0, 0.1) is 0 Å². The first-order valence-electron chi connectivity index (χ1n) is 5.58. The first-order chi connectivity index (χ1) is 7.64. The maximum absolute atomic E-state index is 12.1. The lowest BCUT2D eigenvalue weighted by Gasteiger charge is -2.36. The zero-order valence-corrected chi connectivity index (χ0v) is 11.3. The number of aliphatic carboxylic acids is 1. The third-order valence-corrected chi connectivity index (χ3v) is 5.40. The minimum Gasteiger partial charge on any atom is -0.480 e. The Kier molecular flexibility index (Phi) is 4.16. The van der Waals surface area contributed by atoms with E-state index in [1.807, 2.05) is 0 Å². The lowest BCUT2D eigenvalue weighted by molar-refractivity contribution is -0.138. The van der Waals surface area contributed by atoms with E-state index in [0.717, 1.165) is 0 Å². The molecule has 0 saturated carbocycles. The van der Waals surface area contributed by atoms with Crippen molar-refractivity contribution in [2.45, 2.75) is 25.5 Å². The van der Waals surface area contributed by atoms with E-state index < -0.39 is 20.7 Å². The molecular formula is C10H20N2O4S. The Hall–Kier alpha value is -0.660. The van der Waals surface area contributed by atoms with Crippen molar-refractivity contribution in [3.63, 3.8) is 0 Å². The number of hydrogen-bond acceptors (Lipinski definition) is 4. The molecule has 0 unspecified atom stereocenters. The van der Waals surface area contributed by atoms with Crippen LogP contribution >= 0.6 is 0 Å². The normalized spacial score (nSPS) is 20.4. The number of carbonyl (C=O) groups is 1. The van der Waals surface area contributed by atoms with Gasteiger partial charge in [0, 0.05) is 26.2 Å². The summed E-state index contributed by atoms with van der Waals surface area (Å²) >= 11 is 0. The first kappa shape index (κ1) is 14.4. The molecule has 0 aliphatic carbocycles. The fourth-order valence-electron chi connectivity index (χ4n) is 1.71. The van der Waals surface area contributed by atoms with Gasteiger partial charge in [-0.3, -0.25) is 9.69 Å². The monoisotopic (exact) mass is 264 g/mol. The van der Waals surface area contributed by atoms with Crippen molar-refractivity contribution in [1.82, 2.24) is 9.21 Å². The van der Waals surface area contributed by atoms with Gasteiger partial charge in [0.1, 0.15) is 0 Å². The van der Waals surface area contributed by atoms with Crippen LogP contribution in [-0.4, -0.2) is 66.2 Å². The number of piperazine rings is 1. The quantitative estimate of drug-likeness (QED) is 0.765. The summed E-state index contributed by atoms with van der Waals surface area (Å²) in [6, 6.07) is 0. The number of hydrogen-bond donors (Lipinski definition) is 1. The Balaban J connectivity index is 2.61. The van der Waals surface area contributed by atoms with Gasteiger partial charge in [0.2, 0.25) is 10.0 Å². The predicted octanol–water partition coefficient (Wildman–Crippen LogP) is -0.183. The molecule has 0 amide bonds. The SMILES string of the molecule is CC(C)(C)S(=O)(=O)N1CCN(CC(=O)O)CC1. The zero-order valence-electron chi connectivity index (χ0n) is 10.5. The molecule has 6 nitrogen and oxygen atoms in total. The number of carboxylic acid groups (broad SMARTS) is 1. The molecule has 100 valence electrons. The predicted molar refractivity (Wildman–Crippen MR) is 64.3 cm³/mol. The number of nitrogens with zero attached hydrogens (tertiary/aromatic N) is 2. The highest BCUT2D eigenvalue weighted by atomic mass is 32.2. The van der Waals surface area contributed by atoms with E-state index in [4.69, 9.17) is 5.11 Å². The van der Waals surface area contributed by atoms with Crippen molar-refractivity contribution in [3.05, 3.63) is 0 Å². The van der Waals surface area contributed by atoms with E-state index in [0.29, 0.717) is 26.2 Å². The van der Waals surface area contributed by atoms with Crippen molar-refractivity contribution in [2.24, 2.45) is 0 Å². The molecule has 0 atom stereocenters. The van der Waals surface area contributed by atoms with Gasteiger partial charge in [-0.25, -0.2) is 8.42 Å². The van der Waals surface area contributed by atoms with Gasteiger partial charge in [-0.2, -0.15) is 4.31 Å². The van der Waals surface area contributed by atoms with Crippen LogP contribution in [0.2, 0.25) is 0 Å². The molecule has 0 aromatic rings. The molecule has 0 bridgehead atoms. The van der Waals surface area contributed by atoms with Gasteiger partial charge in [0.25, 0.3) is 0 Å². The van der Waals surface area contributed by atoms with Gasteiger partial charge in [0.05, 0.1) is 11.3 Å². The molecular weight excluding hydrogens is 244 g/mol. The standard InChI is InChI=1S/C10H20N2O4S/c1-10(2,3)17(15,16)12-6-4-11(5-7-12)8-9(13)14/h4-8H2,1-3H3,(H,13,14). The second-order valence-electron chi connectivity index (χ2n) is 5.19. The summed E-state index contributed by atoms with van der Waals surface area (Å²) < 4.78 is 24.9. The van der Waals surface area contributed by atoms with Crippen LogP contribution < -0.4 is 0 Å². The van der Waals surface area contributed by atoms with Crippen molar-refractivity contribution >= 4 is 16.0 Å². The highest BCUT2D eigenvalue weighted by molar-refractivity contribution is 7.90. The fraction of sp³-hybridized carbons (Fsp3) is 0.900. The lowest BCUT2D eigenvalue weighted by atomic mass is 10.3. The smallest absolute Gasteiger partial charge is 0.317 e. The molecule has 0 aromatic heterocycles. The number of sulfonamides is 1. The van der Waals surface area contributed by atoms with Crippen molar-refractivity contribution in [2.75, 3.05) is 32.7 Å². The minimum atomic E-state index is -3.29. The van der Waals surface area contributed by atoms with Gasteiger partial charge >= 0.3 is 5.97 Å².